The highest BCUT2D eigenvalue weighted by Crippen LogP contribution is 2.45. The summed E-state index contributed by atoms with van der Waals surface area (Å²) >= 11 is 0. The highest BCUT2D eigenvalue weighted by molar-refractivity contribution is 5.98. The molecule has 0 N–H and O–H groups in total. The lowest BCUT2D eigenvalue weighted by atomic mass is 9.79. The Labute approximate surface area is 167 Å². The molecule has 6 nitrogen and oxygen atoms in total. The summed E-state index contributed by atoms with van der Waals surface area (Å²) in [5, 5.41) is 9.42. The largest absolute Gasteiger partial charge is 0.496 e. The van der Waals surface area contributed by atoms with Gasteiger partial charge >= 0.3 is 5.97 Å². The van der Waals surface area contributed by atoms with Crippen molar-refractivity contribution in [2.75, 3.05) is 38.9 Å². The Morgan fingerprint density at radius 2 is 2.07 bits per heavy atom. The van der Waals surface area contributed by atoms with E-state index in [1.165, 1.54) is 18.7 Å². The maximum Gasteiger partial charge on any atom is 0.348 e. The van der Waals surface area contributed by atoms with E-state index >= 15 is 0 Å². The van der Waals surface area contributed by atoms with E-state index in [4.69, 9.17) is 14.2 Å². The predicted octanol–water partition coefficient (Wildman–Crippen LogP) is 3.90. The summed E-state index contributed by atoms with van der Waals surface area (Å²) in [4.78, 5) is 14.5. The Hall–Kier alpha value is -2.52. The van der Waals surface area contributed by atoms with Gasteiger partial charge < -0.3 is 19.1 Å². The molecule has 0 bridgehead atoms. The third kappa shape index (κ3) is 4.48. The first-order chi connectivity index (χ1) is 13.3. The Morgan fingerprint density at radius 1 is 1.36 bits per heavy atom. The van der Waals surface area contributed by atoms with Gasteiger partial charge in [-0.15, -0.1) is 0 Å². The average Bonchev–Trinajstić information content (AvgIpc) is 2.65. The van der Waals surface area contributed by atoms with Crippen LogP contribution in [-0.2, 0) is 14.3 Å². The number of rotatable bonds is 7. The molecule has 6 heteroatoms. The molecule has 152 valence electrons. The average molecular weight is 386 g/mol. The lowest BCUT2D eigenvalue weighted by Crippen LogP contribution is -2.48. The monoisotopic (exact) mass is 386 g/mol. The SMILES string of the molecule is CCN1c2cc(OC)c(/C=C(/C#N)C(=O)OCCOC)cc2C(C)CC1(C)C. The second-order valence-corrected chi connectivity index (χ2v) is 7.61. The van der Waals surface area contributed by atoms with Crippen molar-refractivity contribution in [2.45, 2.75) is 45.6 Å². The van der Waals surface area contributed by atoms with E-state index in [1.807, 2.05) is 18.2 Å². The van der Waals surface area contributed by atoms with Crippen LogP contribution in [0.15, 0.2) is 17.7 Å². The van der Waals surface area contributed by atoms with E-state index in [2.05, 4.69) is 32.6 Å². The molecule has 0 aliphatic carbocycles. The molecule has 28 heavy (non-hydrogen) atoms. The highest BCUT2D eigenvalue weighted by atomic mass is 16.6. The van der Waals surface area contributed by atoms with Gasteiger partial charge in [0.05, 0.1) is 13.7 Å². The topological polar surface area (TPSA) is 71.8 Å². The number of hydrogen-bond acceptors (Lipinski definition) is 6. The van der Waals surface area contributed by atoms with Gasteiger partial charge in [0, 0.05) is 36.5 Å². The zero-order chi connectivity index (χ0) is 20.9. The number of ether oxygens (including phenoxy) is 3. The van der Waals surface area contributed by atoms with Crippen LogP contribution in [0.4, 0.5) is 5.69 Å². The van der Waals surface area contributed by atoms with E-state index in [1.54, 1.807) is 7.11 Å². The number of esters is 1. The number of anilines is 1. The number of fused-ring (bicyclic) bond motifs is 1. The number of benzene rings is 1. The first-order valence-corrected chi connectivity index (χ1v) is 9.56. The second-order valence-electron chi connectivity index (χ2n) is 7.61. The van der Waals surface area contributed by atoms with E-state index in [0.717, 1.165) is 18.7 Å². The van der Waals surface area contributed by atoms with Crippen molar-refractivity contribution in [3.63, 3.8) is 0 Å². The summed E-state index contributed by atoms with van der Waals surface area (Å²) in [6.45, 7) is 10.1. The molecule has 0 aromatic heterocycles. The van der Waals surface area contributed by atoms with Crippen molar-refractivity contribution in [1.82, 2.24) is 0 Å². The van der Waals surface area contributed by atoms with Crippen molar-refractivity contribution < 1.29 is 19.0 Å². The number of nitrogens with zero attached hydrogens (tertiary/aromatic N) is 2. The van der Waals surface area contributed by atoms with Crippen LogP contribution in [0.1, 0.15) is 51.2 Å². The van der Waals surface area contributed by atoms with E-state index in [-0.39, 0.29) is 24.3 Å². The Kier molecular flexibility index (Phi) is 7.09. The third-order valence-electron chi connectivity index (χ3n) is 5.21. The molecule has 0 spiro atoms. The van der Waals surface area contributed by atoms with Gasteiger partial charge in [0.25, 0.3) is 0 Å². The molecule has 1 aromatic rings. The standard InChI is InChI=1S/C22H30N2O4/c1-7-24-19-12-20(27-6)16(11-18(19)15(2)13-22(24,3)4)10-17(14-23)21(25)28-9-8-26-5/h10-12,15H,7-9,13H2,1-6H3/b17-10-. The van der Waals surface area contributed by atoms with Crippen LogP contribution in [0.5, 0.6) is 5.75 Å². The van der Waals surface area contributed by atoms with E-state index < -0.39 is 5.97 Å². The normalized spacial score (nSPS) is 18.2. The van der Waals surface area contributed by atoms with Gasteiger partial charge in [-0.05, 0) is 50.8 Å². The van der Waals surface area contributed by atoms with Crippen LogP contribution < -0.4 is 9.64 Å². The van der Waals surface area contributed by atoms with Gasteiger partial charge in [0.2, 0.25) is 0 Å². The zero-order valence-corrected chi connectivity index (χ0v) is 17.7. The van der Waals surface area contributed by atoms with Crippen LogP contribution >= 0.6 is 0 Å². The smallest absolute Gasteiger partial charge is 0.348 e. The minimum atomic E-state index is -0.663. The van der Waals surface area contributed by atoms with Crippen molar-refractivity contribution in [1.29, 1.82) is 5.26 Å². The number of carbonyl (C=O) groups excluding carboxylic acids is 1. The third-order valence-corrected chi connectivity index (χ3v) is 5.21. The molecule has 1 aromatic carbocycles. The minimum absolute atomic E-state index is 0.0481. The molecule has 0 saturated heterocycles. The van der Waals surface area contributed by atoms with E-state index in [0.29, 0.717) is 17.2 Å². The van der Waals surface area contributed by atoms with Crippen LogP contribution in [0, 0.1) is 11.3 Å². The van der Waals surface area contributed by atoms with E-state index in [9.17, 15) is 10.1 Å². The lowest BCUT2D eigenvalue weighted by molar-refractivity contribution is -0.139. The van der Waals surface area contributed by atoms with Gasteiger partial charge in [-0.2, -0.15) is 5.26 Å². The molecule has 0 amide bonds. The molecular weight excluding hydrogens is 356 g/mol. The van der Waals surface area contributed by atoms with Crippen LogP contribution in [-0.4, -0.2) is 45.5 Å². The molecule has 1 unspecified atom stereocenters. The quantitative estimate of drug-likeness (QED) is 0.306. The predicted molar refractivity (Wildman–Crippen MR) is 110 cm³/mol. The number of carbonyl (C=O) groups is 1. The number of methoxy groups -OCH3 is 2. The molecule has 2 rings (SSSR count). The molecule has 1 atom stereocenters. The number of nitriles is 1. The fourth-order valence-electron chi connectivity index (χ4n) is 4.00. The van der Waals surface area contributed by atoms with Gasteiger partial charge in [-0.1, -0.05) is 6.92 Å². The van der Waals surface area contributed by atoms with Gasteiger partial charge in [-0.3, -0.25) is 0 Å². The molecule has 0 fully saturated rings. The molecule has 1 aliphatic heterocycles. The summed E-state index contributed by atoms with van der Waals surface area (Å²) < 4.78 is 15.5. The van der Waals surface area contributed by atoms with Crippen LogP contribution in [0.3, 0.4) is 0 Å². The van der Waals surface area contributed by atoms with Crippen LogP contribution in [0.2, 0.25) is 0 Å². The Balaban J connectivity index is 2.48. The lowest BCUT2D eigenvalue weighted by Gasteiger charge is -2.47. The molecular formula is C22H30N2O4. The highest BCUT2D eigenvalue weighted by Gasteiger charge is 2.36. The summed E-state index contributed by atoms with van der Waals surface area (Å²) in [5.41, 5.74) is 3.02. The van der Waals surface area contributed by atoms with Crippen molar-refractivity contribution in [3.05, 3.63) is 28.8 Å². The van der Waals surface area contributed by atoms with Crippen LogP contribution in [0.25, 0.3) is 6.08 Å². The first-order valence-electron chi connectivity index (χ1n) is 9.56. The van der Waals surface area contributed by atoms with Crippen molar-refractivity contribution in [2.24, 2.45) is 0 Å². The van der Waals surface area contributed by atoms with Gasteiger partial charge in [0.1, 0.15) is 24.0 Å². The molecule has 1 aliphatic rings. The summed E-state index contributed by atoms with van der Waals surface area (Å²) in [5.74, 6) is 0.313. The molecule has 0 saturated carbocycles. The maximum absolute atomic E-state index is 12.2. The van der Waals surface area contributed by atoms with Gasteiger partial charge in [0.15, 0.2) is 0 Å². The Bertz CT molecular complexity index is 792. The van der Waals surface area contributed by atoms with Crippen molar-refractivity contribution >= 4 is 17.7 Å². The van der Waals surface area contributed by atoms with Gasteiger partial charge in [-0.25, -0.2) is 4.79 Å². The summed E-state index contributed by atoms with van der Waals surface area (Å²) in [6, 6.07) is 5.96. The fraction of sp³-hybridized carbons (Fsp3) is 0.545. The fourth-order valence-corrected chi connectivity index (χ4v) is 4.00. The zero-order valence-electron chi connectivity index (χ0n) is 17.7. The Morgan fingerprint density at radius 3 is 2.64 bits per heavy atom. The second kappa shape index (κ2) is 9.11. The maximum atomic E-state index is 12.2. The molecule has 1 heterocycles. The summed E-state index contributed by atoms with van der Waals surface area (Å²) in [7, 11) is 3.12. The minimum Gasteiger partial charge on any atom is -0.496 e. The van der Waals surface area contributed by atoms with Crippen molar-refractivity contribution in [3.8, 4) is 11.8 Å². The molecule has 0 radical (unpaired) electrons. The number of hydrogen-bond donors (Lipinski definition) is 0. The summed E-state index contributed by atoms with van der Waals surface area (Å²) in [6.07, 6.45) is 2.56. The first kappa shape index (κ1) is 21.8.